The van der Waals surface area contributed by atoms with Gasteiger partial charge in [0.15, 0.2) is 11.5 Å². The zero-order valence-electron chi connectivity index (χ0n) is 10.3. The Balaban J connectivity index is 1.73. The van der Waals surface area contributed by atoms with Gasteiger partial charge in [-0.1, -0.05) is 0 Å². The summed E-state index contributed by atoms with van der Waals surface area (Å²) in [6.07, 6.45) is 2.41. The number of imidazole rings is 1. The van der Waals surface area contributed by atoms with Crippen molar-refractivity contribution in [1.82, 2.24) is 24.9 Å². The van der Waals surface area contributed by atoms with Crippen molar-refractivity contribution >= 4 is 34.3 Å². The molecule has 19 heavy (non-hydrogen) atoms. The van der Waals surface area contributed by atoms with Crippen LogP contribution in [0.1, 0.15) is 10.7 Å². The van der Waals surface area contributed by atoms with E-state index in [0.29, 0.717) is 11.5 Å². The Labute approximate surface area is 113 Å². The summed E-state index contributed by atoms with van der Waals surface area (Å²) < 4.78 is 0. The van der Waals surface area contributed by atoms with Gasteiger partial charge in [0, 0.05) is 18.3 Å². The van der Waals surface area contributed by atoms with Crippen molar-refractivity contribution in [3.8, 4) is 0 Å². The molecule has 4 N–H and O–H groups in total. The summed E-state index contributed by atoms with van der Waals surface area (Å²) in [5, 5.41) is 6.38. The van der Waals surface area contributed by atoms with Gasteiger partial charge in [-0.05, 0) is 6.92 Å². The molecule has 0 radical (unpaired) electrons. The van der Waals surface area contributed by atoms with E-state index >= 15 is 0 Å². The first-order valence-corrected chi connectivity index (χ1v) is 6.72. The number of nitrogens with one attached hydrogen (secondary N) is 2. The van der Waals surface area contributed by atoms with Crippen molar-refractivity contribution in [3.05, 3.63) is 22.4 Å². The average Bonchev–Trinajstić information content (AvgIpc) is 2.98. The molecule has 7 nitrogen and oxygen atoms in total. The van der Waals surface area contributed by atoms with Gasteiger partial charge in [0.05, 0.1) is 17.0 Å². The summed E-state index contributed by atoms with van der Waals surface area (Å²) >= 11 is 1.66. The maximum atomic E-state index is 5.64. The fourth-order valence-electron chi connectivity index (χ4n) is 1.81. The number of nitrogens with two attached hydrogens (primary N) is 1. The van der Waals surface area contributed by atoms with Crippen LogP contribution >= 0.6 is 11.3 Å². The number of rotatable bonds is 4. The van der Waals surface area contributed by atoms with E-state index in [1.54, 1.807) is 17.7 Å². The van der Waals surface area contributed by atoms with Crippen LogP contribution in [-0.4, -0.2) is 31.5 Å². The van der Waals surface area contributed by atoms with E-state index < -0.39 is 0 Å². The molecule has 0 aliphatic rings. The normalized spacial score (nSPS) is 11.0. The number of hydrogen-bond donors (Lipinski definition) is 3. The Bertz CT molecular complexity index is 702. The largest absolute Gasteiger partial charge is 0.368 e. The van der Waals surface area contributed by atoms with Gasteiger partial charge in [0.25, 0.3) is 0 Å². The third-order valence-corrected chi connectivity index (χ3v) is 3.47. The standard InChI is InChI=1S/C11H13N7S/c1-6-16-7(4-19-6)2-3-13-9-8-10(15-5-14-8)18-11(12)17-9/h4-5H,2-3H2,1H3,(H4,12,13,14,15,17,18). The Hall–Kier alpha value is -2.22. The predicted octanol–water partition coefficient (Wildman–Crippen LogP) is 1.35. The molecule has 0 aliphatic heterocycles. The van der Waals surface area contributed by atoms with Gasteiger partial charge in [-0.2, -0.15) is 9.97 Å². The van der Waals surface area contributed by atoms with Gasteiger partial charge in [-0.25, -0.2) is 9.97 Å². The lowest BCUT2D eigenvalue weighted by molar-refractivity contribution is 0.961. The Morgan fingerprint density at radius 3 is 3.05 bits per heavy atom. The van der Waals surface area contributed by atoms with Gasteiger partial charge in [0.2, 0.25) is 5.95 Å². The molecule has 0 amide bonds. The van der Waals surface area contributed by atoms with Crippen LogP contribution in [0.25, 0.3) is 11.2 Å². The highest BCUT2D eigenvalue weighted by Gasteiger charge is 2.08. The second kappa shape index (κ2) is 4.81. The molecule has 3 heterocycles. The fraction of sp³-hybridized carbons (Fsp3) is 0.273. The van der Waals surface area contributed by atoms with Crippen LogP contribution in [0.3, 0.4) is 0 Å². The summed E-state index contributed by atoms with van der Waals surface area (Å²) in [5.41, 5.74) is 8.06. The van der Waals surface area contributed by atoms with Crippen LogP contribution in [0.5, 0.6) is 0 Å². The Morgan fingerprint density at radius 1 is 1.37 bits per heavy atom. The molecular weight excluding hydrogens is 262 g/mol. The van der Waals surface area contributed by atoms with E-state index in [1.807, 2.05) is 6.92 Å². The molecule has 0 saturated carbocycles. The number of aromatic amines is 1. The highest BCUT2D eigenvalue weighted by atomic mass is 32.1. The van der Waals surface area contributed by atoms with Crippen LogP contribution in [0.2, 0.25) is 0 Å². The third-order valence-electron chi connectivity index (χ3n) is 2.64. The molecule has 0 aliphatic carbocycles. The molecule has 98 valence electrons. The van der Waals surface area contributed by atoms with Crippen molar-refractivity contribution in [1.29, 1.82) is 0 Å². The first kappa shape index (κ1) is 11.8. The van der Waals surface area contributed by atoms with Crippen molar-refractivity contribution < 1.29 is 0 Å². The quantitative estimate of drug-likeness (QED) is 0.664. The zero-order valence-corrected chi connectivity index (χ0v) is 11.2. The smallest absolute Gasteiger partial charge is 0.224 e. The summed E-state index contributed by atoms with van der Waals surface area (Å²) in [7, 11) is 0. The van der Waals surface area contributed by atoms with E-state index in [1.165, 1.54) is 0 Å². The van der Waals surface area contributed by atoms with E-state index in [2.05, 4.69) is 35.6 Å². The van der Waals surface area contributed by atoms with Crippen molar-refractivity contribution in [2.24, 2.45) is 0 Å². The monoisotopic (exact) mass is 275 g/mol. The Kier molecular flexibility index (Phi) is 3.00. The molecule has 0 atom stereocenters. The van der Waals surface area contributed by atoms with E-state index in [4.69, 9.17) is 5.73 Å². The van der Waals surface area contributed by atoms with Crippen LogP contribution < -0.4 is 11.1 Å². The van der Waals surface area contributed by atoms with Gasteiger partial charge in [-0.3, -0.25) is 0 Å². The zero-order chi connectivity index (χ0) is 13.2. The molecule has 0 unspecified atom stereocenters. The number of anilines is 2. The highest BCUT2D eigenvalue weighted by molar-refractivity contribution is 7.09. The molecule has 3 rings (SSSR count). The average molecular weight is 275 g/mol. The molecule has 3 aromatic heterocycles. The minimum Gasteiger partial charge on any atom is -0.368 e. The minimum atomic E-state index is 0.214. The van der Waals surface area contributed by atoms with Crippen molar-refractivity contribution in [3.63, 3.8) is 0 Å². The second-order valence-corrected chi connectivity index (χ2v) is 5.13. The number of nitrogen functional groups attached to an aromatic ring is 1. The third kappa shape index (κ3) is 2.48. The minimum absolute atomic E-state index is 0.214. The number of fused-ring (bicyclic) bond motifs is 1. The van der Waals surface area contributed by atoms with Gasteiger partial charge in [0.1, 0.15) is 5.52 Å². The molecule has 0 spiro atoms. The first-order valence-electron chi connectivity index (χ1n) is 5.84. The van der Waals surface area contributed by atoms with Crippen LogP contribution in [0.15, 0.2) is 11.7 Å². The fourth-order valence-corrected chi connectivity index (χ4v) is 2.46. The number of nitrogens with zero attached hydrogens (tertiary/aromatic N) is 4. The molecule has 0 saturated heterocycles. The Morgan fingerprint density at radius 2 is 2.26 bits per heavy atom. The SMILES string of the molecule is Cc1nc(CCNc2nc(N)nc3nc[nH]c23)cs1. The molecular formula is C11H13N7S. The summed E-state index contributed by atoms with van der Waals surface area (Å²) in [6, 6.07) is 0. The number of aryl methyl sites for hydroxylation is 1. The maximum Gasteiger partial charge on any atom is 0.224 e. The van der Waals surface area contributed by atoms with Gasteiger partial charge < -0.3 is 16.0 Å². The van der Waals surface area contributed by atoms with E-state index in [0.717, 1.165) is 29.2 Å². The summed E-state index contributed by atoms with van der Waals surface area (Å²) in [6.45, 7) is 2.73. The summed E-state index contributed by atoms with van der Waals surface area (Å²) in [4.78, 5) is 19.7. The van der Waals surface area contributed by atoms with Gasteiger partial charge in [-0.15, -0.1) is 11.3 Å². The molecule has 0 fully saturated rings. The van der Waals surface area contributed by atoms with Crippen molar-refractivity contribution in [2.75, 3.05) is 17.6 Å². The predicted molar refractivity (Wildman–Crippen MR) is 75.1 cm³/mol. The number of thiazole rings is 1. The maximum absolute atomic E-state index is 5.64. The van der Waals surface area contributed by atoms with Gasteiger partial charge >= 0.3 is 0 Å². The number of hydrogen-bond acceptors (Lipinski definition) is 7. The van der Waals surface area contributed by atoms with Crippen LogP contribution in [0.4, 0.5) is 11.8 Å². The van der Waals surface area contributed by atoms with E-state index in [9.17, 15) is 0 Å². The molecule has 0 aromatic carbocycles. The van der Waals surface area contributed by atoms with Crippen LogP contribution in [0, 0.1) is 6.92 Å². The molecule has 8 heteroatoms. The lowest BCUT2D eigenvalue weighted by Crippen LogP contribution is -2.09. The number of aromatic nitrogens is 5. The number of H-pyrrole nitrogens is 1. The van der Waals surface area contributed by atoms with Crippen LogP contribution in [-0.2, 0) is 6.42 Å². The first-order chi connectivity index (χ1) is 9.22. The second-order valence-electron chi connectivity index (χ2n) is 4.07. The molecule has 3 aromatic rings. The topological polar surface area (TPSA) is 105 Å². The lowest BCUT2D eigenvalue weighted by Gasteiger charge is -2.05. The lowest BCUT2D eigenvalue weighted by atomic mass is 10.3. The van der Waals surface area contributed by atoms with Crippen molar-refractivity contribution in [2.45, 2.75) is 13.3 Å². The highest BCUT2D eigenvalue weighted by Crippen LogP contribution is 2.17. The molecule has 0 bridgehead atoms. The van der Waals surface area contributed by atoms with E-state index in [-0.39, 0.29) is 5.95 Å². The summed E-state index contributed by atoms with van der Waals surface area (Å²) in [5.74, 6) is 0.888.